The van der Waals surface area contributed by atoms with Gasteiger partial charge in [0.2, 0.25) is 10.0 Å². The van der Waals surface area contributed by atoms with Gasteiger partial charge in [-0.15, -0.1) is 0 Å². The van der Waals surface area contributed by atoms with Crippen molar-refractivity contribution >= 4 is 20.9 Å². The van der Waals surface area contributed by atoms with Gasteiger partial charge in [0.05, 0.1) is 10.4 Å². The maximum absolute atomic E-state index is 12.6. The fraction of sp³-hybridized carbons (Fsp3) is 0.471. The lowest BCUT2D eigenvalue weighted by molar-refractivity contribution is 0.243. The fourth-order valence-corrected chi connectivity index (χ4v) is 4.10. The van der Waals surface area contributed by atoms with Gasteiger partial charge in [-0.05, 0) is 48.9 Å². The van der Waals surface area contributed by atoms with Crippen molar-refractivity contribution in [1.29, 1.82) is 0 Å². The van der Waals surface area contributed by atoms with E-state index in [1.165, 1.54) is 0 Å². The first kappa shape index (κ1) is 17.8. The molecule has 0 saturated heterocycles. The van der Waals surface area contributed by atoms with Gasteiger partial charge in [-0.1, -0.05) is 19.9 Å². The maximum atomic E-state index is 12.6. The van der Waals surface area contributed by atoms with Crippen LogP contribution in [0, 0.1) is 11.8 Å². The van der Waals surface area contributed by atoms with E-state index < -0.39 is 10.0 Å². The number of hydrogen-bond donors (Lipinski definition) is 2. The van der Waals surface area contributed by atoms with Gasteiger partial charge in [0.25, 0.3) is 0 Å². The van der Waals surface area contributed by atoms with Gasteiger partial charge in [0.15, 0.2) is 0 Å². The average Bonchev–Trinajstić information content (AvgIpc) is 2.52. The lowest BCUT2D eigenvalue weighted by Gasteiger charge is -2.19. The van der Waals surface area contributed by atoms with Crippen molar-refractivity contribution in [2.45, 2.75) is 31.6 Å². The van der Waals surface area contributed by atoms with Crippen LogP contribution in [0.4, 0.5) is 0 Å². The number of aliphatic hydroxyl groups is 1. The predicted molar refractivity (Wildman–Crippen MR) is 91.6 cm³/mol. The minimum atomic E-state index is -3.61. The molecule has 1 aromatic carbocycles. The van der Waals surface area contributed by atoms with E-state index in [4.69, 9.17) is 5.11 Å². The standard InChI is InChI=1S/C17H24N2O3S/c1-13(2)11-14(8-10-20)12-19-23(21,22)17-7-3-6-16-15(17)5-4-9-18-16/h3-7,9,13-14,19-20H,8,10-12H2,1-2H3. The van der Waals surface area contributed by atoms with Gasteiger partial charge >= 0.3 is 0 Å². The molecule has 0 saturated carbocycles. The number of hydrogen-bond acceptors (Lipinski definition) is 4. The number of aliphatic hydroxyl groups excluding tert-OH is 1. The largest absolute Gasteiger partial charge is 0.396 e. The molecule has 0 spiro atoms. The van der Waals surface area contributed by atoms with Crippen molar-refractivity contribution in [1.82, 2.24) is 9.71 Å². The number of rotatable bonds is 8. The van der Waals surface area contributed by atoms with Crippen LogP contribution in [0.25, 0.3) is 10.9 Å². The third-order valence-corrected chi connectivity index (χ3v) is 5.28. The molecular weight excluding hydrogens is 312 g/mol. The van der Waals surface area contributed by atoms with Crippen LogP contribution >= 0.6 is 0 Å². The second-order valence-electron chi connectivity index (χ2n) is 6.19. The summed E-state index contributed by atoms with van der Waals surface area (Å²) in [6.07, 6.45) is 3.12. The molecule has 0 aliphatic carbocycles. The number of nitrogens with zero attached hydrogens (tertiary/aromatic N) is 1. The molecule has 0 amide bonds. The highest BCUT2D eigenvalue weighted by Gasteiger charge is 2.20. The molecule has 5 nitrogen and oxygen atoms in total. The summed E-state index contributed by atoms with van der Waals surface area (Å²) >= 11 is 0. The second kappa shape index (κ2) is 7.86. The van der Waals surface area contributed by atoms with Crippen LogP contribution in [0.3, 0.4) is 0 Å². The Morgan fingerprint density at radius 3 is 2.70 bits per heavy atom. The number of fused-ring (bicyclic) bond motifs is 1. The van der Waals surface area contributed by atoms with Crippen LogP contribution in [0.5, 0.6) is 0 Å². The first-order chi connectivity index (χ1) is 10.9. The van der Waals surface area contributed by atoms with E-state index >= 15 is 0 Å². The highest BCUT2D eigenvalue weighted by molar-refractivity contribution is 7.89. The Kier molecular flexibility index (Phi) is 6.10. The molecule has 126 valence electrons. The summed E-state index contributed by atoms with van der Waals surface area (Å²) in [5, 5.41) is 9.77. The normalized spacial score (nSPS) is 13.6. The highest BCUT2D eigenvalue weighted by Crippen LogP contribution is 2.22. The molecule has 6 heteroatoms. The van der Waals surface area contributed by atoms with Crippen molar-refractivity contribution in [3.05, 3.63) is 36.5 Å². The van der Waals surface area contributed by atoms with Crippen LogP contribution in [0.1, 0.15) is 26.7 Å². The predicted octanol–water partition coefficient (Wildman–Crippen LogP) is 2.56. The topological polar surface area (TPSA) is 79.3 Å². The summed E-state index contributed by atoms with van der Waals surface area (Å²) in [4.78, 5) is 4.44. The van der Waals surface area contributed by atoms with E-state index in [1.807, 2.05) is 0 Å². The Hall–Kier alpha value is -1.50. The number of benzene rings is 1. The van der Waals surface area contributed by atoms with Crippen molar-refractivity contribution < 1.29 is 13.5 Å². The second-order valence-corrected chi connectivity index (χ2v) is 7.92. The minimum absolute atomic E-state index is 0.0668. The van der Waals surface area contributed by atoms with Crippen molar-refractivity contribution in [3.63, 3.8) is 0 Å². The fourth-order valence-electron chi connectivity index (χ4n) is 2.77. The molecule has 2 N–H and O–H groups in total. The molecule has 1 heterocycles. The van der Waals surface area contributed by atoms with Gasteiger partial charge in [-0.25, -0.2) is 13.1 Å². The number of sulfonamides is 1. The van der Waals surface area contributed by atoms with Crippen molar-refractivity contribution in [3.8, 4) is 0 Å². The van der Waals surface area contributed by atoms with Gasteiger partial charge in [0, 0.05) is 24.7 Å². The summed E-state index contributed by atoms with van der Waals surface area (Å²) in [5.74, 6) is 0.584. The molecular formula is C17H24N2O3S. The molecule has 1 aromatic heterocycles. The lowest BCUT2D eigenvalue weighted by atomic mass is 9.95. The third-order valence-electron chi connectivity index (χ3n) is 3.80. The van der Waals surface area contributed by atoms with E-state index in [0.717, 1.165) is 6.42 Å². The van der Waals surface area contributed by atoms with Gasteiger partial charge in [-0.3, -0.25) is 4.98 Å². The van der Waals surface area contributed by atoms with Crippen molar-refractivity contribution in [2.75, 3.05) is 13.2 Å². The van der Waals surface area contributed by atoms with E-state index in [1.54, 1.807) is 36.5 Å². The number of aromatic nitrogens is 1. The molecule has 2 aromatic rings. The average molecular weight is 336 g/mol. The molecule has 0 fully saturated rings. The summed E-state index contributed by atoms with van der Waals surface area (Å²) < 4.78 is 28.0. The highest BCUT2D eigenvalue weighted by atomic mass is 32.2. The summed E-state index contributed by atoms with van der Waals surface area (Å²) in [7, 11) is -3.61. The first-order valence-electron chi connectivity index (χ1n) is 7.88. The Bertz CT molecular complexity index is 739. The Morgan fingerprint density at radius 1 is 1.22 bits per heavy atom. The van der Waals surface area contributed by atoms with E-state index in [9.17, 15) is 8.42 Å². The molecule has 0 radical (unpaired) electrons. The Morgan fingerprint density at radius 2 is 2.00 bits per heavy atom. The third kappa shape index (κ3) is 4.73. The molecule has 0 bridgehead atoms. The molecule has 23 heavy (non-hydrogen) atoms. The van der Waals surface area contributed by atoms with Crippen LogP contribution in [-0.4, -0.2) is 31.7 Å². The van der Waals surface area contributed by atoms with Crippen LogP contribution < -0.4 is 4.72 Å². The van der Waals surface area contributed by atoms with E-state index in [0.29, 0.717) is 29.8 Å². The molecule has 0 aliphatic heterocycles. The summed E-state index contributed by atoms with van der Waals surface area (Å²) in [5.41, 5.74) is 0.657. The van der Waals surface area contributed by atoms with Gasteiger partial charge in [-0.2, -0.15) is 0 Å². The van der Waals surface area contributed by atoms with Crippen molar-refractivity contribution in [2.24, 2.45) is 11.8 Å². The SMILES string of the molecule is CC(C)CC(CCO)CNS(=O)(=O)c1cccc2ncccc12. The quantitative estimate of drug-likeness (QED) is 0.776. The first-order valence-corrected chi connectivity index (χ1v) is 9.36. The summed E-state index contributed by atoms with van der Waals surface area (Å²) in [6, 6.07) is 8.58. The zero-order chi connectivity index (χ0) is 16.9. The van der Waals surface area contributed by atoms with Crippen LogP contribution in [0.15, 0.2) is 41.4 Å². The molecule has 2 rings (SSSR count). The maximum Gasteiger partial charge on any atom is 0.241 e. The zero-order valence-corrected chi connectivity index (χ0v) is 14.4. The lowest BCUT2D eigenvalue weighted by Crippen LogP contribution is -2.30. The van der Waals surface area contributed by atoms with Crippen LogP contribution in [0.2, 0.25) is 0 Å². The molecule has 1 unspecified atom stereocenters. The van der Waals surface area contributed by atoms with E-state index in [-0.39, 0.29) is 17.4 Å². The zero-order valence-electron chi connectivity index (χ0n) is 13.6. The van der Waals surface area contributed by atoms with Gasteiger partial charge < -0.3 is 5.11 Å². The molecule has 1 atom stereocenters. The van der Waals surface area contributed by atoms with Gasteiger partial charge in [0.1, 0.15) is 0 Å². The number of nitrogens with one attached hydrogen (secondary N) is 1. The Labute approximate surface area is 137 Å². The smallest absolute Gasteiger partial charge is 0.241 e. The van der Waals surface area contributed by atoms with Crippen LogP contribution in [-0.2, 0) is 10.0 Å². The minimum Gasteiger partial charge on any atom is -0.396 e. The Balaban J connectivity index is 2.20. The molecule has 0 aliphatic rings. The monoisotopic (exact) mass is 336 g/mol. The number of pyridine rings is 1. The van der Waals surface area contributed by atoms with E-state index in [2.05, 4.69) is 23.6 Å². The summed E-state index contributed by atoms with van der Waals surface area (Å²) in [6.45, 7) is 4.58.